The molecule has 1 heterocycles. The SMILES string of the molecule is Cc1ccc(C(C)NC(=O)NC2(CC(=O)O)CCCC2)s1. The molecule has 2 rings (SSSR count). The number of aliphatic carboxylic acids is 1. The Labute approximate surface area is 128 Å². The summed E-state index contributed by atoms with van der Waals surface area (Å²) in [5.41, 5.74) is -0.582. The summed E-state index contributed by atoms with van der Waals surface area (Å²) in [5.74, 6) is -0.862. The van der Waals surface area contributed by atoms with Crippen LogP contribution in [0.5, 0.6) is 0 Å². The Morgan fingerprint density at radius 1 is 1.38 bits per heavy atom. The molecule has 0 saturated heterocycles. The molecule has 6 heteroatoms. The van der Waals surface area contributed by atoms with Gasteiger partial charge in [-0.2, -0.15) is 0 Å². The highest BCUT2D eigenvalue weighted by molar-refractivity contribution is 7.12. The van der Waals surface area contributed by atoms with Gasteiger partial charge in [-0.1, -0.05) is 12.8 Å². The molecule has 1 aromatic heterocycles. The lowest BCUT2D eigenvalue weighted by Gasteiger charge is -2.29. The van der Waals surface area contributed by atoms with Gasteiger partial charge in [-0.25, -0.2) is 4.79 Å². The molecule has 1 atom stereocenters. The van der Waals surface area contributed by atoms with Crippen molar-refractivity contribution in [1.82, 2.24) is 10.6 Å². The zero-order valence-electron chi connectivity index (χ0n) is 12.4. The summed E-state index contributed by atoms with van der Waals surface area (Å²) in [7, 11) is 0. The van der Waals surface area contributed by atoms with Crippen LogP contribution in [-0.2, 0) is 4.79 Å². The van der Waals surface area contributed by atoms with Crippen LogP contribution in [0, 0.1) is 6.92 Å². The second kappa shape index (κ2) is 6.47. The Kier molecular flexibility index (Phi) is 4.88. The molecule has 1 aliphatic rings. The largest absolute Gasteiger partial charge is 0.481 e. The normalized spacial score (nSPS) is 18.2. The predicted molar refractivity (Wildman–Crippen MR) is 82.6 cm³/mol. The van der Waals surface area contributed by atoms with Gasteiger partial charge in [0.05, 0.1) is 18.0 Å². The van der Waals surface area contributed by atoms with Crippen molar-refractivity contribution in [2.75, 3.05) is 0 Å². The number of carbonyl (C=O) groups excluding carboxylic acids is 1. The van der Waals surface area contributed by atoms with Crippen LogP contribution in [0.2, 0.25) is 0 Å². The van der Waals surface area contributed by atoms with E-state index in [1.165, 1.54) is 4.88 Å². The van der Waals surface area contributed by atoms with Crippen molar-refractivity contribution >= 4 is 23.3 Å². The van der Waals surface area contributed by atoms with E-state index in [1.807, 2.05) is 26.0 Å². The second-order valence-electron chi connectivity index (χ2n) is 5.83. The Morgan fingerprint density at radius 3 is 2.57 bits per heavy atom. The summed E-state index contributed by atoms with van der Waals surface area (Å²) < 4.78 is 0. The Balaban J connectivity index is 1.95. The fraction of sp³-hybridized carbons (Fsp3) is 0.600. The summed E-state index contributed by atoms with van der Waals surface area (Å²) in [4.78, 5) is 25.5. The molecule has 1 aromatic rings. The summed E-state index contributed by atoms with van der Waals surface area (Å²) in [6.07, 6.45) is 3.39. The molecule has 0 aliphatic heterocycles. The van der Waals surface area contributed by atoms with Crippen LogP contribution in [0.3, 0.4) is 0 Å². The summed E-state index contributed by atoms with van der Waals surface area (Å²) in [6, 6.07) is 3.68. The van der Waals surface area contributed by atoms with E-state index in [-0.39, 0.29) is 18.5 Å². The molecule has 1 unspecified atom stereocenters. The minimum Gasteiger partial charge on any atom is -0.481 e. The van der Waals surface area contributed by atoms with Crippen LogP contribution in [0.1, 0.15) is 54.8 Å². The van der Waals surface area contributed by atoms with Crippen LogP contribution in [-0.4, -0.2) is 22.6 Å². The first-order chi connectivity index (χ1) is 9.90. The molecule has 0 radical (unpaired) electrons. The van der Waals surface area contributed by atoms with Crippen molar-refractivity contribution in [3.63, 3.8) is 0 Å². The number of nitrogens with one attached hydrogen (secondary N) is 2. The number of carboxylic acid groups (broad SMARTS) is 1. The lowest BCUT2D eigenvalue weighted by molar-refractivity contribution is -0.138. The quantitative estimate of drug-likeness (QED) is 0.781. The predicted octanol–water partition coefficient (Wildman–Crippen LogP) is 3.20. The lowest BCUT2D eigenvalue weighted by atomic mass is 9.93. The van der Waals surface area contributed by atoms with Gasteiger partial charge in [0.15, 0.2) is 0 Å². The van der Waals surface area contributed by atoms with E-state index in [1.54, 1.807) is 11.3 Å². The van der Waals surface area contributed by atoms with E-state index in [0.29, 0.717) is 0 Å². The molecular formula is C15H22N2O3S. The van der Waals surface area contributed by atoms with E-state index < -0.39 is 11.5 Å². The summed E-state index contributed by atoms with van der Waals surface area (Å²) >= 11 is 1.65. The first-order valence-corrected chi connectivity index (χ1v) is 8.09. The van der Waals surface area contributed by atoms with Gasteiger partial charge in [-0.05, 0) is 38.8 Å². The van der Waals surface area contributed by atoms with Crippen molar-refractivity contribution in [1.29, 1.82) is 0 Å². The van der Waals surface area contributed by atoms with Gasteiger partial charge in [0.1, 0.15) is 0 Å². The molecule has 2 amide bonds. The van der Waals surface area contributed by atoms with Gasteiger partial charge >= 0.3 is 12.0 Å². The third kappa shape index (κ3) is 4.20. The molecule has 1 fully saturated rings. The van der Waals surface area contributed by atoms with Crippen molar-refractivity contribution in [3.05, 3.63) is 21.9 Å². The van der Waals surface area contributed by atoms with Crippen molar-refractivity contribution < 1.29 is 14.7 Å². The number of aryl methyl sites for hydroxylation is 1. The van der Waals surface area contributed by atoms with Gasteiger partial charge in [-0.3, -0.25) is 4.79 Å². The third-order valence-corrected chi connectivity index (χ3v) is 5.15. The third-order valence-electron chi connectivity index (χ3n) is 3.96. The van der Waals surface area contributed by atoms with Gasteiger partial charge < -0.3 is 15.7 Å². The van der Waals surface area contributed by atoms with Crippen LogP contribution < -0.4 is 10.6 Å². The van der Waals surface area contributed by atoms with Crippen LogP contribution in [0.4, 0.5) is 4.79 Å². The molecule has 5 nitrogen and oxygen atoms in total. The minimum atomic E-state index is -0.862. The number of amides is 2. The van der Waals surface area contributed by atoms with Gasteiger partial charge in [0, 0.05) is 9.75 Å². The number of urea groups is 1. The first-order valence-electron chi connectivity index (χ1n) is 7.27. The number of thiophene rings is 1. The van der Waals surface area contributed by atoms with Crippen molar-refractivity contribution in [2.24, 2.45) is 0 Å². The van der Waals surface area contributed by atoms with Crippen LogP contribution in [0.15, 0.2) is 12.1 Å². The monoisotopic (exact) mass is 310 g/mol. The van der Waals surface area contributed by atoms with Gasteiger partial charge in [0.2, 0.25) is 0 Å². The molecule has 1 aliphatic carbocycles. The highest BCUT2D eigenvalue weighted by atomic mass is 32.1. The zero-order chi connectivity index (χ0) is 15.5. The summed E-state index contributed by atoms with van der Waals surface area (Å²) in [6.45, 7) is 3.96. The van der Waals surface area contributed by atoms with Crippen molar-refractivity contribution in [3.8, 4) is 0 Å². The molecular weight excluding hydrogens is 288 g/mol. The maximum Gasteiger partial charge on any atom is 0.315 e. The fourth-order valence-electron chi connectivity index (χ4n) is 2.92. The molecule has 21 heavy (non-hydrogen) atoms. The Morgan fingerprint density at radius 2 is 2.05 bits per heavy atom. The number of hydrogen-bond acceptors (Lipinski definition) is 3. The first kappa shape index (κ1) is 15.8. The zero-order valence-corrected chi connectivity index (χ0v) is 13.3. The second-order valence-corrected chi connectivity index (χ2v) is 7.15. The maximum atomic E-state index is 12.2. The molecule has 116 valence electrons. The Hall–Kier alpha value is -1.56. The topological polar surface area (TPSA) is 78.4 Å². The number of carbonyl (C=O) groups is 2. The van der Waals surface area contributed by atoms with Crippen LogP contribution in [0.25, 0.3) is 0 Å². The average Bonchev–Trinajstić information content (AvgIpc) is 2.97. The number of rotatable bonds is 5. The maximum absolute atomic E-state index is 12.2. The standard InChI is InChI=1S/C15H22N2O3S/c1-10-5-6-12(21-10)11(2)16-14(20)17-15(9-13(18)19)7-3-4-8-15/h5-6,11H,3-4,7-9H2,1-2H3,(H,18,19)(H2,16,17,20). The molecule has 1 saturated carbocycles. The van der Waals surface area contributed by atoms with Gasteiger partial charge in [-0.15, -0.1) is 11.3 Å². The van der Waals surface area contributed by atoms with Gasteiger partial charge in [0.25, 0.3) is 0 Å². The molecule has 3 N–H and O–H groups in total. The highest BCUT2D eigenvalue weighted by Crippen LogP contribution is 2.32. The molecule has 0 bridgehead atoms. The van der Waals surface area contributed by atoms with E-state index in [2.05, 4.69) is 10.6 Å². The van der Waals surface area contributed by atoms with E-state index >= 15 is 0 Å². The van der Waals surface area contributed by atoms with E-state index in [4.69, 9.17) is 5.11 Å². The minimum absolute atomic E-state index is 0.00703. The fourth-order valence-corrected chi connectivity index (χ4v) is 3.80. The van der Waals surface area contributed by atoms with Crippen LogP contribution >= 0.6 is 11.3 Å². The Bertz CT molecular complexity index is 521. The number of carboxylic acids is 1. The lowest BCUT2D eigenvalue weighted by Crippen LogP contribution is -2.51. The van der Waals surface area contributed by atoms with E-state index in [9.17, 15) is 9.59 Å². The average molecular weight is 310 g/mol. The smallest absolute Gasteiger partial charge is 0.315 e. The molecule has 0 aromatic carbocycles. The summed E-state index contributed by atoms with van der Waals surface area (Å²) in [5, 5.41) is 14.9. The number of hydrogen-bond donors (Lipinski definition) is 3. The van der Waals surface area contributed by atoms with Crippen molar-refractivity contribution in [2.45, 2.75) is 57.5 Å². The molecule has 0 spiro atoms. The van der Waals surface area contributed by atoms with E-state index in [0.717, 1.165) is 30.6 Å². The highest BCUT2D eigenvalue weighted by Gasteiger charge is 2.37.